The maximum Gasteiger partial charge on any atom is 0.355 e. The number of carbonyl (C=O) groups is 1. The number of ether oxygens (including phenoxy) is 3. The van der Waals surface area contributed by atoms with E-state index in [2.05, 4.69) is 4.98 Å². The van der Waals surface area contributed by atoms with Gasteiger partial charge in [0.2, 0.25) is 0 Å². The van der Waals surface area contributed by atoms with Gasteiger partial charge in [0.1, 0.15) is 29.4 Å². The van der Waals surface area contributed by atoms with Crippen molar-refractivity contribution >= 4 is 11.6 Å². The van der Waals surface area contributed by atoms with Crippen LogP contribution in [0.15, 0.2) is 48.7 Å². The zero-order chi connectivity index (χ0) is 16.2. The molecule has 2 aromatic heterocycles. The third kappa shape index (κ3) is 2.96. The van der Waals surface area contributed by atoms with Crippen molar-refractivity contribution < 1.29 is 19.0 Å². The molecule has 0 N–H and O–H groups in total. The van der Waals surface area contributed by atoms with E-state index in [4.69, 9.17) is 14.2 Å². The maximum absolute atomic E-state index is 11.9. The van der Waals surface area contributed by atoms with E-state index < -0.39 is 5.97 Å². The van der Waals surface area contributed by atoms with Crippen molar-refractivity contribution in [1.82, 2.24) is 9.38 Å². The van der Waals surface area contributed by atoms with Gasteiger partial charge in [-0.25, -0.2) is 9.78 Å². The summed E-state index contributed by atoms with van der Waals surface area (Å²) in [4.78, 5) is 16.2. The molecule has 0 spiro atoms. The molecule has 6 nitrogen and oxygen atoms in total. The Bertz CT molecular complexity index is 824. The number of pyridine rings is 1. The fourth-order valence-corrected chi connectivity index (χ4v) is 2.29. The van der Waals surface area contributed by atoms with Gasteiger partial charge >= 0.3 is 5.97 Å². The Morgan fingerprint density at radius 3 is 2.52 bits per heavy atom. The molecule has 0 radical (unpaired) electrons. The van der Waals surface area contributed by atoms with Crippen molar-refractivity contribution in [2.45, 2.75) is 6.61 Å². The van der Waals surface area contributed by atoms with Crippen LogP contribution in [0.2, 0.25) is 0 Å². The van der Waals surface area contributed by atoms with Gasteiger partial charge in [-0.2, -0.15) is 0 Å². The molecule has 3 aromatic rings. The molecule has 3 rings (SSSR count). The second-order valence-corrected chi connectivity index (χ2v) is 4.81. The Hall–Kier alpha value is -3.02. The second-order valence-electron chi connectivity index (χ2n) is 4.81. The third-order valence-electron chi connectivity index (χ3n) is 3.44. The van der Waals surface area contributed by atoms with Crippen LogP contribution in [-0.4, -0.2) is 29.6 Å². The number of rotatable bonds is 5. The number of fused-ring (bicyclic) bond motifs is 1. The van der Waals surface area contributed by atoms with E-state index in [1.165, 1.54) is 7.11 Å². The molecule has 0 saturated heterocycles. The summed E-state index contributed by atoms with van der Waals surface area (Å²) in [5, 5.41) is 0. The SMILES string of the molecule is COC(=O)c1cccc2ncc(COc3ccc(OC)cc3)n12. The fourth-order valence-electron chi connectivity index (χ4n) is 2.29. The van der Waals surface area contributed by atoms with E-state index in [0.717, 1.165) is 11.4 Å². The highest BCUT2D eigenvalue weighted by molar-refractivity contribution is 5.88. The summed E-state index contributed by atoms with van der Waals surface area (Å²) in [5.41, 5.74) is 1.84. The molecule has 0 amide bonds. The van der Waals surface area contributed by atoms with E-state index in [1.807, 2.05) is 30.3 Å². The Morgan fingerprint density at radius 2 is 1.83 bits per heavy atom. The second kappa shape index (κ2) is 6.39. The van der Waals surface area contributed by atoms with Crippen LogP contribution in [0.1, 0.15) is 16.2 Å². The van der Waals surface area contributed by atoms with Crippen LogP contribution in [0.4, 0.5) is 0 Å². The van der Waals surface area contributed by atoms with E-state index in [9.17, 15) is 4.79 Å². The first-order valence-corrected chi connectivity index (χ1v) is 7.03. The number of aromatic nitrogens is 2. The molecular formula is C17H16N2O4. The minimum Gasteiger partial charge on any atom is -0.497 e. The maximum atomic E-state index is 11.9. The summed E-state index contributed by atoms with van der Waals surface area (Å²) < 4.78 is 17.4. The summed E-state index contributed by atoms with van der Waals surface area (Å²) >= 11 is 0. The first-order chi connectivity index (χ1) is 11.2. The summed E-state index contributed by atoms with van der Waals surface area (Å²) in [6.45, 7) is 0.279. The molecule has 2 heterocycles. The number of hydrogen-bond acceptors (Lipinski definition) is 5. The zero-order valence-electron chi connectivity index (χ0n) is 12.9. The lowest BCUT2D eigenvalue weighted by Gasteiger charge is -2.09. The first kappa shape index (κ1) is 14.9. The topological polar surface area (TPSA) is 62.1 Å². The minimum atomic E-state index is -0.417. The van der Waals surface area contributed by atoms with Gasteiger partial charge in [0.25, 0.3) is 0 Å². The number of benzene rings is 1. The van der Waals surface area contributed by atoms with Crippen molar-refractivity contribution in [3.63, 3.8) is 0 Å². The molecule has 0 atom stereocenters. The van der Waals surface area contributed by atoms with Gasteiger partial charge in [0.05, 0.1) is 26.1 Å². The standard InChI is InChI=1S/C17H16N2O4/c1-21-13-6-8-14(9-7-13)23-11-12-10-18-16-5-3-4-15(19(12)16)17(20)22-2/h3-10H,11H2,1-2H3. The van der Waals surface area contributed by atoms with Crippen LogP contribution >= 0.6 is 0 Å². The summed E-state index contributed by atoms with van der Waals surface area (Å²) in [6, 6.07) is 12.6. The Kier molecular flexibility index (Phi) is 4.14. The van der Waals surface area contributed by atoms with Gasteiger partial charge in [-0.3, -0.25) is 4.40 Å². The molecular weight excluding hydrogens is 296 g/mol. The van der Waals surface area contributed by atoms with E-state index in [1.54, 1.807) is 29.8 Å². The average molecular weight is 312 g/mol. The van der Waals surface area contributed by atoms with Crippen molar-refractivity contribution in [3.8, 4) is 11.5 Å². The largest absolute Gasteiger partial charge is 0.497 e. The quantitative estimate of drug-likeness (QED) is 0.678. The van der Waals surface area contributed by atoms with Crippen molar-refractivity contribution in [1.29, 1.82) is 0 Å². The van der Waals surface area contributed by atoms with Crippen LogP contribution in [0.3, 0.4) is 0 Å². The highest BCUT2D eigenvalue weighted by Crippen LogP contribution is 2.19. The molecule has 0 aliphatic carbocycles. The lowest BCUT2D eigenvalue weighted by molar-refractivity contribution is 0.0591. The van der Waals surface area contributed by atoms with Crippen LogP contribution < -0.4 is 9.47 Å². The monoisotopic (exact) mass is 312 g/mol. The average Bonchev–Trinajstić information content (AvgIpc) is 3.03. The number of methoxy groups -OCH3 is 2. The summed E-state index contributed by atoms with van der Waals surface area (Å²) in [6.07, 6.45) is 1.69. The molecule has 23 heavy (non-hydrogen) atoms. The van der Waals surface area contributed by atoms with Gasteiger partial charge in [0, 0.05) is 0 Å². The lowest BCUT2D eigenvalue weighted by atomic mass is 10.3. The highest BCUT2D eigenvalue weighted by Gasteiger charge is 2.14. The Morgan fingerprint density at radius 1 is 1.09 bits per heavy atom. The third-order valence-corrected chi connectivity index (χ3v) is 3.44. The summed E-state index contributed by atoms with van der Waals surface area (Å²) in [5.74, 6) is 1.05. The molecule has 6 heteroatoms. The van der Waals surface area contributed by atoms with E-state index in [0.29, 0.717) is 17.1 Å². The number of hydrogen-bond donors (Lipinski definition) is 0. The molecule has 0 aliphatic heterocycles. The Balaban J connectivity index is 1.86. The number of carbonyl (C=O) groups excluding carboxylic acids is 1. The first-order valence-electron chi connectivity index (χ1n) is 7.03. The van der Waals surface area contributed by atoms with Crippen LogP contribution in [0.5, 0.6) is 11.5 Å². The van der Waals surface area contributed by atoms with Crippen molar-refractivity contribution in [2.75, 3.05) is 14.2 Å². The molecule has 118 valence electrons. The molecule has 0 saturated carbocycles. The molecule has 1 aromatic carbocycles. The highest BCUT2D eigenvalue weighted by atomic mass is 16.5. The number of nitrogens with zero attached hydrogens (tertiary/aromatic N) is 2. The number of esters is 1. The predicted octanol–water partition coefficient (Wildman–Crippen LogP) is 2.71. The van der Waals surface area contributed by atoms with Gasteiger partial charge < -0.3 is 14.2 Å². The van der Waals surface area contributed by atoms with Gasteiger partial charge in [-0.15, -0.1) is 0 Å². The normalized spacial score (nSPS) is 10.5. The fraction of sp³-hybridized carbons (Fsp3) is 0.176. The Labute approximate surface area is 133 Å². The van der Waals surface area contributed by atoms with Gasteiger partial charge in [-0.1, -0.05) is 6.07 Å². The smallest absolute Gasteiger partial charge is 0.355 e. The molecule has 0 bridgehead atoms. The van der Waals surface area contributed by atoms with E-state index >= 15 is 0 Å². The zero-order valence-corrected chi connectivity index (χ0v) is 12.9. The predicted molar refractivity (Wildman–Crippen MR) is 83.9 cm³/mol. The van der Waals surface area contributed by atoms with Crippen LogP contribution in [0.25, 0.3) is 5.65 Å². The van der Waals surface area contributed by atoms with Gasteiger partial charge in [0.15, 0.2) is 0 Å². The van der Waals surface area contributed by atoms with Crippen LogP contribution in [-0.2, 0) is 11.3 Å². The minimum absolute atomic E-state index is 0.279. The molecule has 0 fully saturated rings. The van der Waals surface area contributed by atoms with Crippen molar-refractivity contribution in [3.05, 3.63) is 60.0 Å². The van der Waals surface area contributed by atoms with E-state index in [-0.39, 0.29) is 6.61 Å². The van der Waals surface area contributed by atoms with Crippen molar-refractivity contribution in [2.24, 2.45) is 0 Å². The number of imidazole rings is 1. The molecule has 0 aliphatic rings. The van der Waals surface area contributed by atoms with Gasteiger partial charge in [-0.05, 0) is 36.4 Å². The molecule has 0 unspecified atom stereocenters. The lowest BCUT2D eigenvalue weighted by Crippen LogP contribution is -2.10. The summed E-state index contributed by atoms with van der Waals surface area (Å²) in [7, 11) is 2.97. The van der Waals surface area contributed by atoms with Crippen LogP contribution in [0, 0.1) is 0 Å².